The summed E-state index contributed by atoms with van der Waals surface area (Å²) >= 11 is 3.54. The number of esters is 1. The minimum Gasteiger partial charge on any atom is -0.468 e. The van der Waals surface area contributed by atoms with Gasteiger partial charge in [0.1, 0.15) is 11.2 Å². The van der Waals surface area contributed by atoms with Gasteiger partial charge in [-0.2, -0.15) is 0 Å². The molecule has 3 rings (SSSR count). The predicted molar refractivity (Wildman–Crippen MR) is 79.4 cm³/mol. The topological polar surface area (TPSA) is 55.0 Å². The average Bonchev–Trinajstić information content (AvgIpc) is 3.17. The van der Waals surface area contributed by atoms with Crippen LogP contribution in [0.5, 0.6) is 0 Å². The third-order valence-electron chi connectivity index (χ3n) is 3.79. The number of hydrogen-bond acceptors (Lipinski definition) is 3. The Balaban J connectivity index is 2.05. The van der Waals surface area contributed by atoms with Crippen LogP contribution < -0.4 is 0 Å². The standard InChI is InChI=1S/C15H15BrN2O2/c1-9-12(10-5-3-4-6-11(10)16)18-13(17-9)15(7-8-15)14(19)20-2/h3-6H,7-8H2,1-2H3,(H,17,18). The van der Waals surface area contributed by atoms with Crippen LogP contribution in [0, 0.1) is 6.92 Å². The van der Waals surface area contributed by atoms with E-state index in [1.165, 1.54) is 7.11 Å². The number of ether oxygens (including phenoxy) is 1. The maximum Gasteiger partial charge on any atom is 0.319 e. The van der Waals surface area contributed by atoms with Gasteiger partial charge in [0, 0.05) is 15.7 Å². The number of methoxy groups -OCH3 is 1. The van der Waals surface area contributed by atoms with Crippen LogP contribution in [0.25, 0.3) is 11.3 Å². The number of aromatic nitrogens is 2. The van der Waals surface area contributed by atoms with Crippen molar-refractivity contribution in [3.63, 3.8) is 0 Å². The molecule has 1 aromatic heterocycles. The van der Waals surface area contributed by atoms with Gasteiger partial charge >= 0.3 is 5.97 Å². The summed E-state index contributed by atoms with van der Waals surface area (Å²) in [6, 6.07) is 7.93. The molecule has 1 saturated carbocycles. The third kappa shape index (κ3) is 1.97. The quantitative estimate of drug-likeness (QED) is 0.875. The van der Waals surface area contributed by atoms with Crippen LogP contribution in [0.1, 0.15) is 24.4 Å². The van der Waals surface area contributed by atoms with E-state index in [1.54, 1.807) is 0 Å². The summed E-state index contributed by atoms with van der Waals surface area (Å²) in [6.45, 7) is 1.97. The van der Waals surface area contributed by atoms with Crippen molar-refractivity contribution < 1.29 is 9.53 Å². The van der Waals surface area contributed by atoms with Crippen LogP contribution in [0.15, 0.2) is 28.7 Å². The molecule has 0 unspecified atom stereocenters. The number of H-pyrrole nitrogens is 1. The van der Waals surface area contributed by atoms with Gasteiger partial charge < -0.3 is 9.72 Å². The number of imidazole rings is 1. The number of benzene rings is 1. The van der Waals surface area contributed by atoms with Crippen molar-refractivity contribution in [1.82, 2.24) is 9.97 Å². The smallest absolute Gasteiger partial charge is 0.319 e. The van der Waals surface area contributed by atoms with Gasteiger partial charge in [0.2, 0.25) is 0 Å². The molecule has 2 aromatic rings. The fourth-order valence-electron chi connectivity index (χ4n) is 2.46. The first kappa shape index (κ1) is 13.4. The molecule has 0 aliphatic heterocycles. The zero-order chi connectivity index (χ0) is 14.3. The highest BCUT2D eigenvalue weighted by molar-refractivity contribution is 9.10. The molecule has 0 bridgehead atoms. The summed E-state index contributed by atoms with van der Waals surface area (Å²) in [5, 5.41) is 0. The third-order valence-corrected chi connectivity index (χ3v) is 4.48. The Kier molecular flexibility index (Phi) is 3.17. The van der Waals surface area contributed by atoms with Gasteiger partial charge in [-0.3, -0.25) is 4.79 Å². The zero-order valence-corrected chi connectivity index (χ0v) is 13.0. The highest BCUT2D eigenvalue weighted by Crippen LogP contribution is 2.48. The lowest BCUT2D eigenvalue weighted by Gasteiger charge is -2.08. The van der Waals surface area contributed by atoms with Crippen LogP contribution in [0.2, 0.25) is 0 Å². The summed E-state index contributed by atoms with van der Waals surface area (Å²) in [7, 11) is 1.42. The Hall–Kier alpha value is -1.62. The molecule has 5 heteroatoms. The van der Waals surface area contributed by atoms with Gasteiger partial charge in [0.05, 0.1) is 12.8 Å². The Morgan fingerprint density at radius 3 is 2.70 bits per heavy atom. The predicted octanol–water partition coefficient (Wildman–Crippen LogP) is 3.35. The van der Waals surface area contributed by atoms with E-state index in [0.717, 1.165) is 34.3 Å². The molecule has 1 heterocycles. The molecule has 1 aliphatic rings. The van der Waals surface area contributed by atoms with Crippen molar-refractivity contribution in [1.29, 1.82) is 0 Å². The Morgan fingerprint density at radius 1 is 1.40 bits per heavy atom. The molecule has 0 amide bonds. The van der Waals surface area contributed by atoms with Crippen molar-refractivity contribution in [2.45, 2.75) is 25.2 Å². The normalized spacial score (nSPS) is 15.9. The second kappa shape index (κ2) is 4.74. The average molecular weight is 335 g/mol. The Labute approximate surface area is 125 Å². The second-order valence-corrected chi connectivity index (χ2v) is 5.97. The van der Waals surface area contributed by atoms with E-state index in [9.17, 15) is 4.79 Å². The molecule has 1 fully saturated rings. The molecule has 1 aromatic carbocycles. The van der Waals surface area contributed by atoms with Crippen molar-refractivity contribution >= 4 is 21.9 Å². The number of nitrogens with zero attached hydrogens (tertiary/aromatic N) is 1. The van der Waals surface area contributed by atoms with E-state index in [0.29, 0.717) is 5.82 Å². The van der Waals surface area contributed by atoms with Crippen LogP contribution in [0.3, 0.4) is 0 Å². The minimum absolute atomic E-state index is 0.204. The second-order valence-electron chi connectivity index (χ2n) is 5.11. The maximum atomic E-state index is 11.9. The number of nitrogens with one attached hydrogen (secondary N) is 1. The fraction of sp³-hybridized carbons (Fsp3) is 0.333. The van der Waals surface area contributed by atoms with Crippen LogP contribution in [-0.2, 0) is 14.9 Å². The summed E-state index contributed by atoms with van der Waals surface area (Å²) in [4.78, 5) is 19.8. The van der Waals surface area contributed by atoms with E-state index >= 15 is 0 Å². The monoisotopic (exact) mass is 334 g/mol. The zero-order valence-electron chi connectivity index (χ0n) is 11.4. The largest absolute Gasteiger partial charge is 0.468 e. The molecule has 20 heavy (non-hydrogen) atoms. The molecular weight excluding hydrogens is 320 g/mol. The number of halogens is 1. The molecule has 4 nitrogen and oxygen atoms in total. The van der Waals surface area contributed by atoms with Gasteiger partial charge in [0.15, 0.2) is 0 Å². The Morgan fingerprint density at radius 2 is 2.10 bits per heavy atom. The Bertz CT molecular complexity index is 674. The maximum absolute atomic E-state index is 11.9. The first-order valence-corrected chi connectivity index (χ1v) is 7.28. The van der Waals surface area contributed by atoms with Crippen molar-refractivity contribution in [3.05, 3.63) is 40.3 Å². The minimum atomic E-state index is -0.557. The molecule has 1 N–H and O–H groups in total. The van der Waals surface area contributed by atoms with E-state index < -0.39 is 5.41 Å². The number of carbonyl (C=O) groups excluding carboxylic acids is 1. The first-order valence-electron chi connectivity index (χ1n) is 6.49. The molecule has 104 valence electrons. The highest BCUT2D eigenvalue weighted by atomic mass is 79.9. The molecule has 0 saturated heterocycles. The highest BCUT2D eigenvalue weighted by Gasteiger charge is 2.55. The van der Waals surface area contributed by atoms with Crippen LogP contribution >= 0.6 is 15.9 Å². The molecule has 0 spiro atoms. The van der Waals surface area contributed by atoms with Gasteiger partial charge in [0.25, 0.3) is 0 Å². The lowest BCUT2D eigenvalue weighted by atomic mass is 10.1. The van der Waals surface area contributed by atoms with Crippen LogP contribution in [-0.4, -0.2) is 23.0 Å². The summed E-state index contributed by atoms with van der Waals surface area (Å²) in [5.74, 6) is 0.512. The summed E-state index contributed by atoms with van der Waals surface area (Å²) in [6.07, 6.45) is 1.59. The number of aromatic amines is 1. The molecule has 0 radical (unpaired) electrons. The summed E-state index contributed by atoms with van der Waals surface area (Å²) < 4.78 is 5.89. The number of aryl methyl sites for hydroxylation is 1. The lowest BCUT2D eigenvalue weighted by molar-refractivity contribution is -0.143. The number of carbonyl (C=O) groups is 1. The van der Waals surface area contributed by atoms with Crippen molar-refractivity contribution in [3.8, 4) is 11.3 Å². The van der Waals surface area contributed by atoms with Gasteiger partial charge in [-0.15, -0.1) is 0 Å². The van der Waals surface area contributed by atoms with E-state index in [2.05, 4.69) is 25.9 Å². The lowest BCUT2D eigenvalue weighted by Crippen LogP contribution is -2.23. The van der Waals surface area contributed by atoms with Crippen molar-refractivity contribution in [2.24, 2.45) is 0 Å². The van der Waals surface area contributed by atoms with Gasteiger partial charge in [-0.25, -0.2) is 4.98 Å². The van der Waals surface area contributed by atoms with Gasteiger partial charge in [-0.1, -0.05) is 34.1 Å². The molecular formula is C15H15BrN2O2. The molecule has 1 aliphatic carbocycles. The van der Waals surface area contributed by atoms with Crippen molar-refractivity contribution in [2.75, 3.05) is 7.11 Å². The van der Waals surface area contributed by atoms with Gasteiger partial charge in [-0.05, 0) is 25.8 Å². The summed E-state index contributed by atoms with van der Waals surface area (Å²) in [5.41, 5.74) is 2.30. The fourth-order valence-corrected chi connectivity index (χ4v) is 2.93. The number of hydrogen-bond donors (Lipinski definition) is 1. The SMILES string of the molecule is COC(=O)C1(c2nc(-c3ccccc3Br)c(C)[nH]2)CC1. The van der Waals surface area contributed by atoms with Crippen LogP contribution in [0.4, 0.5) is 0 Å². The van der Waals surface area contributed by atoms with E-state index in [-0.39, 0.29) is 5.97 Å². The van der Waals surface area contributed by atoms with E-state index in [1.807, 2.05) is 31.2 Å². The van der Waals surface area contributed by atoms with E-state index in [4.69, 9.17) is 4.74 Å². The molecule has 0 atom stereocenters. The number of rotatable bonds is 3. The first-order chi connectivity index (χ1) is 9.58.